The molecule has 0 aliphatic heterocycles. The van der Waals surface area contributed by atoms with E-state index in [2.05, 4.69) is 0 Å². The summed E-state index contributed by atoms with van der Waals surface area (Å²) in [4.78, 5) is 0. The molecule has 0 heterocycles. The monoisotopic (exact) mass is 745 g/mol. The van der Waals surface area contributed by atoms with E-state index in [0.29, 0.717) is 0 Å². The van der Waals surface area contributed by atoms with E-state index in [1.165, 1.54) is 0 Å². The van der Waals surface area contributed by atoms with Crippen LogP contribution in [-0.4, -0.2) is 105 Å². The standard InChI is InChI=1S/Bi.2Pb.Sn. The van der Waals surface area contributed by atoms with Crippen LogP contribution < -0.4 is 0 Å². The van der Waals surface area contributed by atoms with Crippen LogP contribution >= 0.6 is 0 Å². The predicted octanol–water partition coefficient (Wildman–Crippen LogP) is -1.52. The fraction of sp³-hybridized carbons (Fsp3) is 0. The van der Waals surface area contributed by atoms with Crippen LogP contribution in [0.5, 0.6) is 0 Å². The molecule has 0 nitrogen and oxygen atoms in total. The Morgan fingerprint density at radius 2 is 0.750 bits per heavy atom. The summed E-state index contributed by atoms with van der Waals surface area (Å²) in [5.41, 5.74) is 0. The molecular formula is BiPb2Sn. The second-order valence-electron chi connectivity index (χ2n) is 0. The molecule has 0 saturated carbocycles. The van der Waals surface area contributed by atoms with Crippen LogP contribution in [0.1, 0.15) is 0 Å². The maximum absolute atomic E-state index is 0. The van der Waals surface area contributed by atoms with Gasteiger partial charge in [-0.05, 0) is 0 Å². The van der Waals surface area contributed by atoms with E-state index < -0.39 is 0 Å². The zero-order valence-corrected chi connectivity index (χ0v) is 16.1. The largest absolute Gasteiger partial charge is 0 e. The van der Waals surface area contributed by atoms with Crippen molar-refractivity contribution in [3.63, 3.8) is 0 Å². The minimum Gasteiger partial charge on any atom is 0 e. The van der Waals surface area contributed by atoms with Gasteiger partial charge in [-0.25, -0.2) is 0 Å². The van der Waals surface area contributed by atoms with Gasteiger partial charge >= 0.3 is 0 Å². The van der Waals surface area contributed by atoms with Gasteiger partial charge in [0, 0.05) is 105 Å². The molecule has 0 aromatic heterocycles. The van der Waals surface area contributed by atoms with Crippen LogP contribution in [0.15, 0.2) is 0 Å². The Bertz CT molecular complexity index is 6.00. The van der Waals surface area contributed by atoms with Crippen LogP contribution in [0.25, 0.3) is 0 Å². The molecule has 0 atom stereocenters. The van der Waals surface area contributed by atoms with Gasteiger partial charge in [0.05, 0.1) is 0 Å². The van der Waals surface area contributed by atoms with Gasteiger partial charge in [-0.1, -0.05) is 0 Å². The van der Waals surface area contributed by atoms with Crippen molar-refractivity contribution in [2.75, 3.05) is 0 Å². The molecule has 0 bridgehead atoms. The number of hydrogen-bond acceptors (Lipinski definition) is 0. The fourth-order valence-corrected chi connectivity index (χ4v) is 0. The van der Waals surface area contributed by atoms with E-state index in [4.69, 9.17) is 0 Å². The first-order valence-corrected chi connectivity index (χ1v) is 0. The molecule has 0 amide bonds. The van der Waals surface area contributed by atoms with Gasteiger partial charge in [0.15, 0.2) is 0 Å². The average molecular weight is 742 g/mol. The summed E-state index contributed by atoms with van der Waals surface area (Å²) in [6.07, 6.45) is 0. The molecule has 0 aromatic rings. The van der Waals surface area contributed by atoms with Crippen LogP contribution in [-0.2, 0) is 0 Å². The average Bonchev–Trinajstić information content (AvgIpc) is 0. The summed E-state index contributed by atoms with van der Waals surface area (Å²) in [5.74, 6) is 0. The molecule has 0 rings (SSSR count). The molecule has 4 heavy (non-hydrogen) atoms. The topological polar surface area (TPSA) is 0 Å². The third-order valence-corrected chi connectivity index (χ3v) is 0. The van der Waals surface area contributed by atoms with Crippen LogP contribution in [0, 0.1) is 0 Å². The van der Waals surface area contributed by atoms with Crippen molar-refractivity contribution >= 4 is 105 Å². The first-order chi connectivity index (χ1) is 0. The summed E-state index contributed by atoms with van der Waals surface area (Å²) in [5, 5.41) is 0. The van der Waals surface area contributed by atoms with E-state index in [9.17, 15) is 0 Å². The molecule has 0 N–H and O–H groups in total. The zero-order chi connectivity index (χ0) is 0. The third kappa shape index (κ3) is 9.10. The van der Waals surface area contributed by atoms with Crippen LogP contribution in [0.3, 0.4) is 0 Å². The molecule has 0 aromatic carbocycles. The van der Waals surface area contributed by atoms with Gasteiger partial charge in [0.1, 0.15) is 0 Å². The van der Waals surface area contributed by atoms with Crippen LogP contribution in [0.4, 0.5) is 0 Å². The Labute approximate surface area is 102 Å². The predicted molar refractivity (Wildman–Crippen MR) is 23.0 cm³/mol. The van der Waals surface area contributed by atoms with Gasteiger partial charge in [0.25, 0.3) is 0 Å². The van der Waals surface area contributed by atoms with E-state index >= 15 is 0 Å². The first-order valence-electron chi connectivity index (χ1n) is 0. The maximum atomic E-state index is 0. The molecule has 0 aliphatic rings. The second kappa shape index (κ2) is 16.0. The van der Waals surface area contributed by atoms with Gasteiger partial charge in [0.2, 0.25) is 0 Å². The van der Waals surface area contributed by atoms with E-state index in [0.717, 1.165) is 0 Å². The Morgan fingerprint density at radius 3 is 0.750 bits per heavy atom. The van der Waals surface area contributed by atoms with Gasteiger partial charge < -0.3 is 0 Å². The molecule has 15 radical (unpaired) electrons. The fourth-order valence-electron chi connectivity index (χ4n) is 0. The zero-order valence-electron chi connectivity index (χ0n) is 1.95. The Hall–Kier alpha value is 3.53. The van der Waals surface area contributed by atoms with Crippen molar-refractivity contribution < 1.29 is 0 Å². The van der Waals surface area contributed by atoms with Crippen molar-refractivity contribution in [2.24, 2.45) is 0 Å². The maximum Gasteiger partial charge on any atom is 0 e. The van der Waals surface area contributed by atoms with E-state index in [-0.39, 0.29) is 105 Å². The summed E-state index contributed by atoms with van der Waals surface area (Å²) in [7, 11) is 0. The molecule has 0 spiro atoms. The van der Waals surface area contributed by atoms with Gasteiger partial charge in [-0.2, -0.15) is 0 Å². The summed E-state index contributed by atoms with van der Waals surface area (Å²) < 4.78 is 0. The third-order valence-electron chi connectivity index (χ3n) is 0. The van der Waals surface area contributed by atoms with Crippen molar-refractivity contribution in [3.05, 3.63) is 0 Å². The molecule has 0 aliphatic carbocycles. The SMILES string of the molecule is [Bi].[Pb].[Pb].[Sn]. The van der Waals surface area contributed by atoms with Crippen LogP contribution in [0.2, 0.25) is 0 Å². The van der Waals surface area contributed by atoms with Gasteiger partial charge in [-0.3, -0.25) is 0 Å². The molecule has 0 saturated heterocycles. The summed E-state index contributed by atoms with van der Waals surface area (Å²) in [6.45, 7) is 0. The molecule has 0 fully saturated rings. The second-order valence-corrected chi connectivity index (χ2v) is 0. The minimum atomic E-state index is 0. The first kappa shape index (κ1) is 25.8. The minimum absolute atomic E-state index is 0. The normalized spacial score (nSPS) is 0. The molecule has 4 heteroatoms. The van der Waals surface area contributed by atoms with Crippen molar-refractivity contribution in [2.45, 2.75) is 0 Å². The van der Waals surface area contributed by atoms with E-state index in [1.807, 2.05) is 0 Å². The molecule has 17 valence electrons. The molecular weight excluding hydrogens is 742 g/mol. The Kier molecular flexibility index (Phi) is 103. The Balaban J connectivity index is 0. The van der Waals surface area contributed by atoms with Crippen molar-refractivity contribution in [1.29, 1.82) is 0 Å². The Morgan fingerprint density at radius 1 is 0.750 bits per heavy atom. The van der Waals surface area contributed by atoms with Gasteiger partial charge in [-0.15, -0.1) is 0 Å². The summed E-state index contributed by atoms with van der Waals surface area (Å²) in [6, 6.07) is 0. The number of hydrogen-bond donors (Lipinski definition) is 0. The van der Waals surface area contributed by atoms with E-state index in [1.54, 1.807) is 0 Å². The van der Waals surface area contributed by atoms with Crippen molar-refractivity contribution in [3.8, 4) is 0 Å². The van der Waals surface area contributed by atoms with Crippen molar-refractivity contribution in [1.82, 2.24) is 0 Å². The molecule has 0 unspecified atom stereocenters. The smallest absolute Gasteiger partial charge is 0 e. The summed E-state index contributed by atoms with van der Waals surface area (Å²) >= 11 is 0. The quantitative estimate of drug-likeness (QED) is 0.265. The number of rotatable bonds is 0.